The van der Waals surface area contributed by atoms with Crippen molar-refractivity contribution < 1.29 is 31.3 Å². The molecule has 0 aliphatic heterocycles. The van der Waals surface area contributed by atoms with Gasteiger partial charge in [0, 0.05) is 0 Å². The van der Waals surface area contributed by atoms with Gasteiger partial charge in [-0.25, -0.2) is 0 Å². The zero-order chi connectivity index (χ0) is 12.3. The molecule has 0 amide bonds. The van der Waals surface area contributed by atoms with E-state index in [1.807, 2.05) is 0 Å². The van der Waals surface area contributed by atoms with Crippen LogP contribution in [0, 0.1) is 0 Å². The zero-order valence-electron chi connectivity index (χ0n) is 7.82. The van der Waals surface area contributed by atoms with E-state index >= 15 is 0 Å². The van der Waals surface area contributed by atoms with E-state index in [4.69, 9.17) is 10.2 Å². The van der Waals surface area contributed by atoms with E-state index in [0.717, 1.165) is 13.8 Å². The molecule has 0 fully saturated rings. The van der Waals surface area contributed by atoms with Crippen molar-refractivity contribution in [2.24, 2.45) is 0 Å². The van der Waals surface area contributed by atoms with Crippen molar-refractivity contribution in [1.29, 1.82) is 0 Å². The van der Waals surface area contributed by atoms with Gasteiger partial charge in [0.05, 0.1) is 0 Å². The fourth-order valence-corrected chi connectivity index (χ4v) is 7.26. The molecule has 0 aliphatic rings. The molecule has 0 aromatic rings. The van der Waals surface area contributed by atoms with Crippen LogP contribution >= 0.6 is 0 Å². The predicted molar refractivity (Wildman–Crippen MR) is 49.1 cm³/mol. The van der Waals surface area contributed by atoms with Gasteiger partial charge in [0.1, 0.15) is 0 Å². The second-order valence-corrected chi connectivity index (χ2v) is 10.6. The summed E-state index contributed by atoms with van der Waals surface area (Å²) in [5.41, 5.74) is -3.49. The molecule has 0 bridgehead atoms. The summed E-state index contributed by atoms with van der Waals surface area (Å²) in [6.07, 6.45) is 0. The maximum atomic E-state index is 10.8. The van der Waals surface area contributed by atoms with Gasteiger partial charge in [-0.3, -0.25) is 0 Å². The molecule has 0 heterocycles. The van der Waals surface area contributed by atoms with E-state index in [9.17, 15) is 16.8 Å². The Morgan fingerprint density at radius 1 is 0.933 bits per heavy atom. The summed E-state index contributed by atoms with van der Waals surface area (Å²) in [5.74, 6) is 0. The van der Waals surface area contributed by atoms with E-state index in [1.165, 1.54) is 0 Å². The molecule has 2 N–H and O–H groups in total. The number of aliphatic hydroxyl groups excluding tert-OH is 2. The molecule has 2 radical (unpaired) electrons. The third-order valence-electron chi connectivity index (χ3n) is 1.14. The fraction of sp³-hybridized carbons (Fsp3) is 1.00. The average Bonchev–Trinajstić information content (AvgIpc) is 2.02. The van der Waals surface area contributed by atoms with Crippen molar-refractivity contribution in [3.05, 3.63) is 0 Å². The Bertz CT molecular complexity index is 343. The SMILES string of the molecule is CC(O)S(=O)(=O)[O][Pb][O]S(=O)(=O)C(C)O. The Morgan fingerprint density at radius 2 is 1.20 bits per heavy atom. The molecule has 0 aromatic carbocycles. The average molecular weight is 457 g/mol. The van der Waals surface area contributed by atoms with Gasteiger partial charge in [-0.15, -0.1) is 0 Å². The first-order chi connectivity index (χ1) is 6.59. The Morgan fingerprint density at radius 3 is 1.40 bits per heavy atom. The van der Waals surface area contributed by atoms with Gasteiger partial charge in [0.25, 0.3) is 0 Å². The van der Waals surface area contributed by atoms with E-state index in [-0.39, 0.29) is 0 Å². The van der Waals surface area contributed by atoms with Gasteiger partial charge in [0.2, 0.25) is 0 Å². The quantitative estimate of drug-likeness (QED) is 0.434. The van der Waals surface area contributed by atoms with Gasteiger partial charge in [-0.2, -0.15) is 0 Å². The van der Waals surface area contributed by atoms with Crippen LogP contribution in [0.5, 0.6) is 0 Å². The number of aliphatic hydroxyl groups is 2. The van der Waals surface area contributed by atoms with Crippen LogP contribution in [0.15, 0.2) is 0 Å². The first-order valence-corrected chi connectivity index (χ1v) is 9.67. The summed E-state index contributed by atoms with van der Waals surface area (Å²) in [7, 11) is -8.35. The third-order valence-corrected chi connectivity index (χ3v) is 10.4. The molecule has 15 heavy (non-hydrogen) atoms. The van der Waals surface area contributed by atoms with Crippen LogP contribution in [-0.4, -0.2) is 63.1 Å². The molecule has 11 heteroatoms. The monoisotopic (exact) mass is 458 g/mol. The van der Waals surface area contributed by atoms with Gasteiger partial charge in [0.15, 0.2) is 0 Å². The molecule has 0 rings (SSSR count). The fourth-order valence-electron chi connectivity index (χ4n) is 0.248. The number of hydrogen-bond acceptors (Lipinski definition) is 8. The van der Waals surface area contributed by atoms with Crippen LogP contribution < -0.4 is 0 Å². The maximum absolute atomic E-state index is 10.8. The van der Waals surface area contributed by atoms with Crippen LogP contribution in [0.1, 0.15) is 13.8 Å². The predicted octanol–water partition coefficient (Wildman–Crippen LogP) is -2.11. The van der Waals surface area contributed by atoms with Crippen molar-refractivity contribution in [3.8, 4) is 0 Å². The van der Waals surface area contributed by atoms with E-state index < -0.39 is 56.2 Å². The molecular weight excluding hydrogens is 447 g/mol. The van der Waals surface area contributed by atoms with Gasteiger partial charge >= 0.3 is 101 Å². The van der Waals surface area contributed by atoms with E-state index in [2.05, 4.69) is 4.27 Å². The zero-order valence-corrected chi connectivity index (χ0v) is 13.3. The summed E-state index contributed by atoms with van der Waals surface area (Å²) in [6.45, 7) is 1.92. The number of hydrogen-bond donors (Lipinski definition) is 2. The molecule has 0 saturated heterocycles. The van der Waals surface area contributed by atoms with Crippen LogP contribution in [0.3, 0.4) is 0 Å². The topological polar surface area (TPSA) is 127 Å². The first kappa shape index (κ1) is 15.7. The number of rotatable bonds is 6. The molecule has 8 nitrogen and oxygen atoms in total. The van der Waals surface area contributed by atoms with Gasteiger partial charge < -0.3 is 0 Å². The normalized spacial score (nSPS) is 17.3. The van der Waals surface area contributed by atoms with E-state index in [1.54, 1.807) is 0 Å². The Kier molecular flexibility index (Phi) is 6.09. The minimum atomic E-state index is -4.18. The summed E-state index contributed by atoms with van der Waals surface area (Å²) < 4.78 is 51.7. The second-order valence-electron chi connectivity index (χ2n) is 2.43. The van der Waals surface area contributed by atoms with Crippen LogP contribution in [0.2, 0.25) is 0 Å². The molecule has 0 aliphatic carbocycles. The third kappa shape index (κ3) is 5.51. The standard InChI is InChI=1S/2C2H6O4S.Pb/c2*1-2(3)7(4,5)6;/h2*2-3H,1H3,(H,4,5,6);/q;;+2/p-2. The molecule has 0 aromatic heterocycles. The van der Waals surface area contributed by atoms with E-state index in [0.29, 0.717) is 0 Å². The van der Waals surface area contributed by atoms with Crippen LogP contribution in [0.4, 0.5) is 0 Å². The molecule has 0 saturated carbocycles. The molecular formula is C4H10O8PbS2. The van der Waals surface area contributed by atoms with Crippen molar-refractivity contribution >= 4 is 45.4 Å². The second kappa shape index (κ2) is 5.83. The Labute approximate surface area is 101 Å². The van der Waals surface area contributed by atoms with Crippen molar-refractivity contribution in [1.82, 2.24) is 0 Å². The molecule has 0 spiro atoms. The Hall–Kier alpha value is 0.662. The summed E-state index contributed by atoms with van der Waals surface area (Å²) >= 11 is -2.88. The first-order valence-electron chi connectivity index (χ1n) is 3.55. The van der Waals surface area contributed by atoms with Crippen LogP contribution in [-0.2, 0) is 24.5 Å². The molecule has 2 atom stereocenters. The summed E-state index contributed by atoms with van der Waals surface area (Å²) in [5, 5.41) is 17.4. The minimum absolute atomic E-state index is 0.960. The molecule has 2 unspecified atom stereocenters. The summed E-state index contributed by atoms with van der Waals surface area (Å²) in [6, 6.07) is 0. The van der Waals surface area contributed by atoms with Crippen molar-refractivity contribution in [2.45, 2.75) is 24.7 Å². The van der Waals surface area contributed by atoms with Crippen LogP contribution in [0.25, 0.3) is 0 Å². The van der Waals surface area contributed by atoms with Crippen molar-refractivity contribution in [3.63, 3.8) is 0 Å². The van der Waals surface area contributed by atoms with Crippen molar-refractivity contribution in [2.75, 3.05) is 0 Å². The Balaban J connectivity index is 4.25. The van der Waals surface area contributed by atoms with Gasteiger partial charge in [-0.05, 0) is 0 Å². The van der Waals surface area contributed by atoms with Gasteiger partial charge in [-0.1, -0.05) is 0 Å². The molecule has 90 valence electrons. The summed E-state index contributed by atoms with van der Waals surface area (Å²) in [4.78, 5) is 0.